The molecule has 3 heteroatoms. The topological polar surface area (TPSA) is 50.4 Å². The first-order valence-electron chi connectivity index (χ1n) is 3.19. The number of rotatable bonds is 2. The molecule has 0 fully saturated rings. The summed E-state index contributed by atoms with van der Waals surface area (Å²) in [7, 11) is 0. The van der Waals surface area contributed by atoms with E-state index in [2.05, 4.69) is 0 Å². The van der Waals surface area contributed by atoms with Crippen molar-refractivity contribution >= 4 is 11.5 Å². The average molecular weight is 152 g/mol. The Labute approximate surface area is 64.0 Å². The Morgan fingerprint density at radius 2 is 2.45 bits per heavy atom. The molecule has 0 atom stereocenters. The molecule has 0 amide bonds. The van der Waals surface area contributed by atoms with Crippen LogP contribution in [0.15, 0.2) is 28.9 Å². The van der Waals surface area contributed by atoms with Crippen LogP contribution in [0.3, 0.4) is 0 Å². The van der Waals surface area contributed by atoms with E-state index in [0.717, 1.165) is 0 Å². The molecule has 58 valence electrons. The van der Waals surface area contributed by atoms with Gasteiger partial charge in [-0.25, -0.2) is 4.79 Å². The smallest absolute Gasteiger partial charge is 0.339 e. The molecule has 1 aromatic rings. The van der Waals surface area contributed by atoms with E-state index in [1.54, 1.807) is 19.1 Å². The Hall–Kier alpha value is -1.51. The molecular weight excluding hydrogens is 144 g/mol. The first-order chi connectivity index (χ1) is 5.25. The minimum absolute atomic E-state index is 0.190. The maximum Gasteiger partial charge on any atom is 0.339 e. The third kappa shape index (κ3) is 1.49. The van der Waals surface area contributed by atoms with E-state index in [9.17, 15) is 4.79 Å². The summed E-state index contributed by atoms with van der Waals surface area (Å²) in [4.78, 5) is 10.5. The molecule has 0 spiro atoms. The predicted octanol–water partition coefficient (Wildman–Crippen LogP) is 1.77. The summed E-state index contributed by atoms with van der Waals surface area (Å²) >= 11 is 0. The predicted molar refractivity (Wildman–Crippen MR) is 40.0 cm³/mol. The van der Waals surface area contributed by atoms with Gasteiger partial charge in [-0.05, 0) is 19.1 Å². The fourth-order valence-electron chi connectivity index (χ4n) is 0.803. The van der Waals surface area contributed by atoms with Crippen LogP contribution in [0.2, 0.25) is 0 Å². The molecule has 3 nitrogen and oxygen atoms in total. The summed E-state index contributed by atoms with van der Waals surface area (Å²) in [6.07, 6.45) is 2.95. The van der Waals surface area contributed by atoms with E-state index < -0.39 is 5.97 Å². The van der Waals surface area contributed by atoms with Gasteiger partial charge >= 0.3 is 5.97 Å². The van der Waals surface area contributed by atoms with Gasteiger partial charge in [-0.3, -0.25) is 0 Å². The zero-order valence-electron chi connectivity index (χ0n) is 6.07. The van der Waals surface area contributed by atoms with Gasteiger partial charge in [0.15, 0.2) is 0 Å². The highest BCUT2D eigenvalue weighted by Gasteiger charge is 2.10. The number of furan rings is 1. The summed E-state index contributed by atoms with van der Waals surface area (Å²) in [5.74, 6) is -0.581. The van der Waals surface area contributed by atoms with Gasteiger partial charge < -0.3 is 9.52 Å². The second-order valence-corrected chi connectivity index (χ2v) is 1.98. The molecule has 0 aromatic carbocycles. The summed E-state index contributed by atoms with van der Waals surface area (Å²) in [5, 5.41) is 8.62. The van der Waals surface area contributed by atoms with E-state index in [0.29, 0.717) is 5.76 Å². The minimum atomic E-state index is -0.970. The number of carboxylic acids is 1. The van der Waals surface area contributed by atoms with Crippen molar-refractivity contribution in [3.8, 4) is 0 Å². The van der Waals surface area contributed by atoms with Crippen molar-refractivity contribution in [2.75, 3.05) is 0 Å². The molecular formula is C8H8O3. The number of aliphatic carboxylic acids is 1. The SMILES string of the molecule is CC=C(C(=O)O)c1ccco1. The summed E-state index contributed by atoms with van der Waals surface area (Å²) in [5.41, 5.74) is 0.190. The molecule has 0 bridgehead atoms. The standard InChI is InChI=1S/C8H8O3/c1-2-6(8(9)10)7-4-3-5-11-7/h2-5H,1H3,(H,9,10). The van der Waals surface area contributed by atoms with Gasteiger partial charge in [-0.1, -0.05) is 6.08 Å². The van der Waals surface area contributed by atoms with Gasteiger partial charge in [0.1, 0.15) is 5.76 Å². The monoisotopic (exact) mass is 152 g/mol. The van der Waals surface area contributed by atoms with Crippen LogP contribution in [0.5, 0.6) is 0 Å². The zero-order chi connectivity index (χ0) is 8.27. The van der Waals surface area contributed by atoms with E-state index in [1.165, 1.54) is 12.3 Å². The second kappa shape index (κ2) is 3.05. The molecule has 0 saturated carbocycles. The van der Waals surface area contributed by atoms with E-state index in [1.807, 2.05) is 0 Å². The quantitative estimate of drug-likeness (QED) is 0.657. The van der Waals surface area contributed by atoms with Crippen molar-refractivity contribution in [1.29, 1.82) is 0 Å². The van der Waals surface area contributed by atoms with Gasteiger partial charge in [0.2, 0.25) is 0 Å². The van der Waals surface area contributed by atoms with E-state index >= 15 is 0 Å². The van der Waals surface area contributed by atoms with Crippen LogP contribution >= 0.6 is 0 Å². The maximum absolute atomic E-state index is 10.5. The number of allylic oxidation sites excluding steroid dienone is 1. The molecule has 0 unspecified atom stereocenters. The fraction of sp³-hybridized carbons (Fsp3) is 0.125. The highest BCUT2D eigenvalue weighted by molar-refractivity contribution is 6.14. The number of carboxylic acid groups (broad SMARTS) is 1. The van der Waals surface area contributed by atoms with Crippen molar-refractivity contribution in [1.82, 2.24) is 0 Å². The first kappa shape index (κ1) is 7.60. The fourth-order valence-corrected chi connectivity index (χ4v) is 0.803. The molecule has 11 heavy (non-hydrogen) atoms. The van der Waals surface area contributed by atoms with Crippen LogP contribution in [0.1, 0.15) is 12.7 Å². The number of hydrogen-bond acceptors (Lipinski definition) is 2. The van der Waals surface area contributed by atoms with Crippen LogP contribution in [-0.2, 0) is 4.79 Å². The van der Waals surface area contributed by atoms with E-state index in [4.69, 9.17) is 9.52 Å². The van der Waals surface area contributed by atoms with Crippen molar-refractivity contribution in [2.45, 2.75) is 6.92 Å². The Balaban J connectivity index is 2.99. The second-order valence-electron chi connectivity index (χ2n) is 1.98. The van der Waals surface area contributed by atoms with Crippen LogP contribution in [-0.4, -0.2) is 11.1 Å². The number of carbonyl (C=O) groups is 1. The van der Waals surface area contributed by atoms with Crippen molar-refractivity contribution < 1.29 is 14.3 Å². The molecule has 0 radical (unpaired) electrons. The molecule has 0 aliphatic rings. The van der Waals surface area contributed by atoms with Crippen molar-refractivity contribution in [3.05, 3.63) is 30.2 Å². The highest BCUT2D eigenvalue weighted by atomic mass is 16.4. The minimum Gasteiger partial charge on any atom is -0.478 e. The van der Waals surface area contributed by atoms with E-state index in [-0.39, 0.29) is 5.57 Å². The lowest BCUT2D eigenvalue weighted by molar-refractivity contribution is -0.130. The molecule has 0 aliphatic heterocycles. The van der Waals surface area contributed by atoms with Gasteiger partial charge in [-0.2, -0.15) is 0 Å². The molecule has 0 saturated heterocycles. The molecule has 1 heterocycles. The van der Waals surface area contributed by atoms with Crippen LogP contribution < -0.4 is 0 Å². The van der Waals surface area contributed by atoms with Crippen LogP contribution in [0.25, 0.3) is 5.57 Å². The molecule has 1 rings (SSSR count). The van der Waals surface area contributed by atoms with Gasteiger partial charge in [0.05, 0.1) is 11.8 Å². The Bertz CT molecular complexity index is 270. The van der Waals surface area contributed by atoms with Crippen LogP contribution in [0, 0.1) is 0 Å². The first-order valence-corrected chi connectivity index (χ1v) is 3.19. The molecule has 1 aromatic heterocycles. The Morgan fingerprint density at radius 3 is 2.82 bits per heavy atom. The lowest BCUT2D eigenvalue weighted by atomic mass is 10.2. The Morgan fingerprint density at radius 1 is 1.73 bits per heavy atom. The normalized spacial score (nSPS) is 11.5. The highest BCUT2D eigenvalue weighted by Crippen LogP contribution is 2.14. The lowest BCUT2D eigenvalue weighted by Crippen LogP contribution is -1.97. The summed E-state index contributed by atoms with van der Waals surface area (Å²) < 4.78 is 4.90. The van der Waals surface area contributed by atoms with Crippen molar-refractivity contribution in [2.24, 2.45) is 0 Å². The maximum atomic E-state index is 10.5. The molecule has 0 aliphatic carbocycles. The summed E-state index contributed by atoms with van der Waals surface area (Å²) in [6.45, 7) is 1.66. The number of hydrogen-bond donors (Lipinski definition) is 1. The van der Waals surface area contributed by atoms with Gasteiger partial charge in [0, 0.05) is 0 Å². The van der Waals surface area contributed by atoms with Gasteiger partial charge in [0.25, 0.3) is 0 Å². The largest absolute Gasteiger partial charge is 0.478 e. The third-order valence-corrected chi connectivity index (χ3v) is 1.31. The Kier molecular flexibility index (Phi) is 2.11. The summed E-state index contributed by atoms with van der Waals surface area (Å²) in [6, 6.07) is 3.27. The van der Waals surface area contributed by atoms with Crippen LogP contribution in [0.4, 0.5) is 0 Å². The third-order valence-electron chi connectivity index (χ3n) is 1.31. The van der Waals surface area contributed by atoms with Gasteiger partial charge in [-0.15, -0.1) is 0 Å². The molecule has 1 N–H and O–H groups in total. The zero-order valence-corrected chi connectivity index (χ0v) is 6.07. The van der Waals surface area contributed by atoms with Crippen molar-refractivity contribution in [3.63, 3.8) is 0 Å². The average Bonchev–Trinajstić information content (AvgIpc) is 2.40. The lowest BCUT2D eigenvalue weighted by Gasteiger charge is -1.93.